The van der Waals surface area contributed by atoms with Crippen molar-refractivity contribution >= 4 is 40.6 Å². The number of H-pyrrole nitrogens is 1. The summed E-state index contributed by atoms with van der Waals surface area (Å²) in [5.74, 6) is -0.205. The molecule has 1 aromatic heterocycles. The molecule has 0 fully saturated rings. The lowest BCUT2D eigenvalue weighted by Crippen LogP contribution is -2.26. The van der Waals surface area contributed by atoms with Crippen LogP contribution in [-0.2, 0) is 13.0 Å². The van der Waals surface area contributed by atoms with Crippen molar-refractivity contribution in [3.05, 3.63) is 110 Å². The van der Waals surface area contributed by atoms with E-state index in [0.717, 1.165) is 11.1 Å². The molecule has 156 valence electrons. The monoisotopic (exact) mass is 449 g/mol. The van der Waals surface area contributed by atoms with Gasteiger partial charge in [0.15, 0.2) is 4.77 Å². The minimum Gasteiger partial charge on any atom is -0.352 e. The van der Waals surface area contributed by atoms with E-state index in [1.54, 1.807) is 18.2 Å². The third-order valence-corrected chi connectivity index (χ3v) is 5.61. The van der Waals surface area contributed by atoms with Gasteiger partial charge in [0.25, 0.3) is 11.5 Å². The van der Waals surface area contributed by atoms with Crippen LogP contribution in [0.4, 0.5) is 0 Å². The Morgan fingerprint density at radius 2 is 1.74 bits per heavy atom. The number of carbonyl (C=O) groups excluding carboxylic acids is 1. The van der Waals surface area contributed by atoms with Crippen LogP contribution < -0.4 is 10.9 Å². The van der Waals surface area contributed by atoms with E-state index in [2.05, 4.69) is 10.3 Å². The molecule has 0 spiro atoms. The molecule has 2 N–H and O–H groups in total. The summed E-state index contributed by atoms with van der Waals surface area (Å²) in [5, 5.41) is 4.08. The number of hydrogen-bond acceptors (Lipinski definition) is 3. The molecular weight excluding hydrogens is 430 g/mol. The third kappa shape index (κ3) is 4.93. The van der Waals surface area contributed by atoms with E-state index in [9.17, 15) is 9.59 Å². The van der Waals surface area contributed by atoms with Gasteiger partial charge < -0.3 is 10.3 Å². The van der Waals surface area contributed by atoms with Gasteiger partial charge in [-0.1, -0.05) is 54.1 Å². The summed E-state index contributed by atoms with van der Waals surface area (Å²) in [4.78, 5) is 28.6. The van der Waals surface area contributed by atoms with E-state index in [4.69, 9.17) is 23.8 Å². The summed E-state index contributed by atoms with van der Waals surface area (Å²) in [6.45, 7) is 0.880. The van der Waals surface area contributed by atoms with E-state index in [1.807, 2.05) is 54.6 Å². The lowest BCUT2D eigenvalue weighted by molar-refractivity contribution is 0.0954. The molecule has 0 aliphatic rings. The number of amides is 1. The second-order valence-electron chi connectivity index (χ2n) is 7.20. The summed E-state index contributed by atoms with van der Waals surface area (Å²) < 4.78 is 1.85. The maximum absolute atomic E-state index is 13.0. The molecule has 5 nitrogen and oxygen atoms in total. The van der Waals surface area contributed by atoms with Crippen molar-refractivity contribution < 1.29 is 4.79 Å². The highest BCUT2D eigenvalue weighted by Gasteiger charge is 2.11. The molecule has 0 radical (unpaired) electrons. The van der Waals surface area contributed by atoms with E-state index >= 15 is 0 Å². The molecule has 7 heteroatoms. The quantitative estimate of drug-likeness (QED) is 0.418. The summed E-state index contributed by atoms with van der Waals surface area (Å²) in [7, 11) is 0. The molecule has 1 amide bonds. The van der Waals surface area contributed by atoms with Crippen LogP contribution in [0.1, 0.15) is 21.5 Å². The van der Waals surface area contributed by atoms with Crippen molar-refractivity contribution in [2.24, 2.45) is 0 Å². The molecule has 0 aliphatic heterocycles. The molecule has 31 heavy (non-hydrogen) atoms. The Morgan fingerprint density at radius 3 is 2.48 bits per heavy atom. The number of aromatic nitrogens is 2. The maximum Gasteiger partial charge on any atom is 0.262 e. The lowest BCUT2D eigenvalue weighted by atomic mass is 10.1. The number of rotatable bonds is 6. The normalized spacial score (nSPS) is 10.9. The number of fused-ring (bicyclic) bond motifs is 1. The minimum absolute atomic E-state index is 0.183. The fourth-order valence-electron chi connectivity index (χ4n) is 3.38. The number of halogens is 1. The van der Waals surface area contributed by atoms with Gasteiger partial charge >= 0.3 is 0 Å². The van der Waals surface area contributed by atoms with Gasteiger partial charge in [0, 0.05) is 17.1 Å². The zero-order valence-corrected chi connectivity index (χ0v) is 18.2. The van der Waals surface area contributed by atoms with E-state index in [1.165, 1.54) is 4.57 Å². The first-order valence-electron chi connectivity index (χ1n) is 9.85. The van der Waals surface area contributed by atoms with Crippen molar-refractivity contribution in [3.8, 4) is 0 Å². The molecule has 3 aromatic carbocycles. The van der Waals surface area contributed by atoms with E-state index in [0.29, 0.717) is 45.8 Å². The molecule has 0 saturated heterocycles. The fourth-order valence-corrected chi connectivity index (χ4v) is 3.76. The highest BCUT2D eigenvalue weighted by Crippen LogP contribution is 2.13. The first kappa shape index (κ1) is 21.0. The van der Waals surface area contributed by atoms with Crippen LogP contribution in [-0.4, -0.2) is 22.0 Å². The average Bonchev–Trinajstić information content (AvgIpc) is 2.78. The Hall–Kier alpha value is -3.22. The summed E-state index contributed by atoms with van der Waals surface area (Å²) in [5.41, 5.74) is 2.91. The molecule has 0 atom stereocenters. The number of aromatic amines is 1. The van der Waals surface area contributed by atoms with Crippen LogP contribution in [0, 0.1) is 4.77 Å². The fraction of sp³-hybridized carbons (Fsp3) is 0.125. The number of carbonyl (C=O) groups is 1. The number of nitrogens with one attached hydrogen (secondary N) is 2. The molecule has 0 saturated carbocycles. The van der Waals surface area contributed by atoms with Gasteiger partial charge in [0.2, 0.25) is 0 Å². The van der Waals surface area contributed by atoms with Gasteiger partial charge in [-0.15, -0.1) is 0 Å². The summed E-state index contributed by atoms with van der Waals surface area (Å²) in [6, 6.07) is 22.2. The Labute approximate surface area is 189 Å². The summed E-state index contributed by atoms with van der Waals surface area (Å²) in [6.07, 6.45) is 0.698. The Bertz CT molecular complexity index is 1350. The zero-order chi connectivity index (χ0) is 21.8. The topological polar surface area (TPSA) is 66.9 Å². The minimum atomic E-state index is -0.205. The second-order valence-corrected chi connectivity index (χ2v) is 8.02. The summed E-state index contributed by atoms with van der Waals surface area (Å²) >= 11 is 11.3. The van der Waals surface area contributed by atoms with Crippen molar-refractivity contribution in [2.75, 3.05) is 6.54 Å². The molecule has 0 aliphatic carbocycles. The largest absolute Gasteiger partial charge is 0.352 e. The second kappa shape index (κ2) is 9.29. The van der Waals surface area contributed by atoms with Gasteiger partial charge in [0.1, 0.15) is 0 Å². The van der Waals surface area contributed by atoms with Crippen molar-refractivity contribution in [2.45, 2.75) is 13.0 Å². The Kier molecular flexibility index (Phi) is 6.30. The van der Waals surface area contributed by atoms with Crippen LogP contribution >= 0.6 is 23.8 Å². The molecule has 4 aromatic rings. The molecule has 0 unspecified atom stereocenters. The van der Waals surface area contributed by atoms with Crippen molar-refractivity contribution in [3.63, 3.8) is 0 Å². The smallest absolute Gasteiger partial charge is 0.262 e. The first-order chi connectivity index (χ1) is 15.0. The van der Waals surface area contributed by atoms with Gasteiger partial charge in [-0.05, 0) is 60.1 Å². The first-order valence-corrected chi connectivity index (χ1v) is 10.6. The van der Waals surface area contributed by atoms with Crippen molar-refractivity contribution in [1.82, 2.24) is 14.9 Å². The Balaban J connectivity index is 1.51. The van der Waals surface area contributed by atoms with Crippen LogP contribution in [0.5, 0.6) is 0 Å². The Morgan fingerprint density at radius 1 is 1.00 bits per heavy atom. The zero-order valence-electron chi connectivity index (χ0n) is 16.6. The van der Waals surface area contributed by atoms with Gasteiger partial charge in [-0.25, -0.2) is 0 Å². The van der Waals surface area contributed by atoms with Crippen LogP contribution in [0.25, 0.3) is 10.9 Å². The van der Waals surface area contributed by atoms with Crippen LogP contribution in [0.2, 0.25) is 5.02 Å². The number of nitrogens with zero attached hydrogens (tertiary/aromatic N) is 1. The van der Waals surface area contributed by atoms with E-state index in [-0.39, 0.29) is 11.5 Å². The van der Waals surface area contributed by atoms with Crippen LogP contribution in [0.3, 0.4) is 0 Å². The highest BCUT2D eigenvalue weighted by atomic mass is 35.5. The lowest BCUT2D eigenvalue weighted by Gasteiger charge is -2.10. The SMILES string of the molecule is O=C(NCCc1ccc(Cl)cc1)c1ccc2c(=O)n(Cc3ccccc3)c(=S)[nH]c2c1. The predicted octanol–water partition coefficient (Wildman–Crippen LogP) is 4.73. The predicted molar refractivity (Wildman–Crippen MR) is 126 cm³/mol. The molecule has 1 heterocycles. The average molecular weight is 450 g/mol. The molecule has 4 rings (SSSR count). The molecule has 0 bridgehead atoms. The standard InChI is InChI=1S/C24H20ClN3O2S/c25-19-9-6-16(7-10-19)12-13-26-22(29)18-8-11-20-21(14-18)27-24(31)28(23(20)30)15-17-4-2-1-3-5-17/h1-11,14H,12-13,15H2,(H,26,29)(H,27,31). The van der Waals surface area contributed by atoms with Crippen molar-refractivity contribution in [1.29, 1.82) is 0 Å². The third-order valence-electron chi connectivity index (χ3n) is 5.04. The number of hydrogen-bond donors (Lipinski definition) is 2. The van der Waals surface area contributed by atoms with E-state index < -0.39 is 0 Å². The van der Waals surface area contributed by atoms with Gasteiger partial charge in [-0.2, -0.15) is 0 Å². The van der Waals surface area contributed by atoms with Gasteiger partial charge in [-0.3, -0.25) is 14.2 Å². The molecular formula is C24H20ClN3O2S. The van der Waals surface area contributed by atoms with Crippen LogP contribution in [0.15, 0.2) is 77.6 Å². The van der Waals surface area contributed by atoms with Gasteiger partial charge in [0.05, 0.1) is 17.4 Å². The highest BCUT2D eigenvalue weighted by molar-refractivity contribution is 7.71. The number of benzene rings is 3. The maximum atomic E-state index is 13.0.